The first kappa shape index (κ1) is 24.3. The summed E-state index contributed by atoms with van der Waals surface area (Å²) in [6, 6.07) is 10.8. The highest BCUT2D eigenvalue weighted by Gasteiger charge is 2.27. The maximum atomic E-state index is 13.2. The third-order valence-electron chi connectivity index (χ3n) is 5.23. The van der Waals surface area contributed by atoms with Crippen molar-refractivity contribution in [1.29, 1.82) is 0 Å². The summed E-state index contributed by atoms with van der Waals surface area (Å²) in [6.45, 7) is 11.7. The van der Waals surface area contributed by atoms with E-state index in [0.717, 1.165) is 28.0 Å². The van der Waals surface area contributed by atoms with Crippen LogP contribution >= 0.6 is 0 Å². The summed E-state index contributed by atoms with van der Waals surface area (Å²) in [5, 5.41) is 2.89. The van der Waals surface area contributed by atoms with Gasteiger partial charge < -0.3 is 19.7 Å². The molecule has 0 unspecified atom stereocenters. The van der Waals surface area contributed by atoms with Crippen LogP contribution in [0.2, 0.25) is 0 Å². The maximum Gasteiger partial charge on any atom is 0.261 e. The Labute approximate surface area is 185 Å². The third-order valence-corrected chi connectivity index (χ3v) is 5.23. The van der Waals surface area contributed by atoms with Crippen molar-refractivity contribution in [2.24, 2.45) is 0 Å². The Morgan fingerprint density at radius 1 is 1.03 bits per heavy atom. The van der Waals surface area contributed by atoms with Gasteiger partial charge in [-0.3, -0.25) is 9.59 Å². The molecule has 0 radical (unpaired) electrons. The first-order chi connectivity index (χ1) is 14.6. The molecule has 0 bridgehead atoms. The molecule has 0 aromatic heterocycles. The van der Waals surface area contributed by atoms with E-state index in [-0.39, 0.29) is 24.5 Å². The van der Waals surface area contributed by atoms with Crippen LogP contribution in [0.5, 0.6) is 11.5 Å². The molecule has 168 valence electrons. The molecule has 2 amide bonds. The molecule has 0 heterocycles. The van der Waals surface area contributed by atoms with Crippen LogP contribution in [0.25, 0.3) is 0 Å². The predicted molar refractivity (Wildman–Crippen MR) is 122 cm³/mol. The zero-order chi connectivity index (χ0) is 23.1. The van der Waals surface area contributed by atoms with Crippen molar-refractivity contribution in [3.63, 3.8) is 0 Å². The summed E-state index contributed by atoms with van der Waals surface area (Å²) in [6.07, 6.45) is 0. The number of carbonyl (C=O) groups is 2. The van der Waals surface area contributed by atoms with E-state index in [1.54, 1.807) is 18.9 Å². The van der Waals surface area contributed by atoms with Gasteiger partial charge in [-0.05, 0) is 82.0 Å². The van der Waals surface area contributed by atoms with E-state index in [0.29, 0.717) is 12.3 Å². The zero-order valence-electron chi connectivity index (χ0n) is 19.6. The fourth-order valence-electron chi connectivity index (χ4n) is 3.29. The summed E-state index contributed by atoms with van der Waals surface area (Å²) in [5.74, 6) is 0.982. The zero-order valence-corrected chi connectivity index (χ0v) is 19.6. The number of benzene rings is 2. The summed E-state index contributed by atoms with van der Waals surface area (Å²) >= 11 is 0. The lowest BCUT2D eigenvalue weighted by Gasteiger charge is -2.29. The number of rotatable bonds is 9. The van der Waals surface area contributed by atoms with Crippen LogP contribution < -0.4 is 14.8 Å². The van der Waals surface area contributed by atoms with E-state index >= 15 is 0 Å². The van der Waals surface area contributed by atoms with Gasteiger partial charge in [-0.25, -0.2) is 0 Å². The van der Waals surface area contributed by atoms with Crippen LogP contribution in [0.4, 0.5) is 0 Å². The van der Waals surface area contributed by atoms with Crippen LogP contribution in [0, 0.1) is 20.8 Å². The minimum Gasteiger partial charge on any atom is -0.497 e. The Morgan fingerprint density at radius 2 is 1.68 bits per heavy atom. The second kappa shape index (κ2) is 10.8. The van der Waals surface area contributed by atoms with E-state index in [1.165, 1.54) is 0 Å². The lowest BCUT2D eigenvalue weighted by Crippen LogP contribution is -2.50. The lowest BCUT2D eigenvalue weighted by molar-refractivity contribution is -0.142. The number of hydrogen-bond donors (Lipinski definition) is 1. The van der Waals surface area contributed by atoms with Gasteiger partial charge in [-0.15, -0.1) is 0 Å². The molecule has 6 nitrogen and oxygen atoms in total. The smallest absolute Gasteiger partial charge is 0.261 e. The van der Waals surface area contributed by atoms with Gasteiger partial charge in [0.15, 0.2) is 6.61 Å². The van der Waals surface area contributed by atoms with E-state index in [2.05, 4.69) is 11.4 Å². The van der Waals surface area contributed by atoms with Crippen LogP contribution in [0.3, 0.4) is 0 Å². The monoisotopic (exact) mass is 426 g/mol. The summed E-state index contributed by atoms with van der Waals surface area (Å²) in [4.78, 5) is 27.3. The van der Waals surface area contributed by atoms with E-state index in [4.69, 9.17) is 9.47 Å². The second-order valence-electron chi connectivity index (χ2n) is 8.20. The third kappa shape index (κ3) is 6.74. The molecule has 0 fully saturated rings. The number of nitrogens with one attached hydrogen (secondary N) is 1. The van der Waals surface area contributed by atoms with Gasteiger partial charge in [0, 0.05) is 12.6 Å². The normalized spacial score (nSPS) is 11.7. The van der Waals surface area contributed by atoms with Crippen molar-refractivity contribution in [3.8, 4) is 11.5 Å². The highest BCUT2D eigenvalue weighted by Crippen LogP contribution is 2.23. The summed E-state index contributed by atoms with van der Waals surface area (Å²) < 4.78 is 11.1. The van der Waals surface area contributed by atoms with Crippen molar-refractivity contribution in [2.75, 3.05) is 13.7 Å². The Kier molecular flexibility index (Phi) is 8.48. The minimum atomic E-state index is -0.638. The van der Waals surface area contributed by atoms with Gasteiger partial charge in [0.05, 0.1) is 7.11 Å². The molecule has 0 saturated carbocycles. The molecular formula is C25H34N2O4. The number of ether oxygens (including phenoxy) is 2. The topological polar surface area (TPSA) is 67.9 Å². The molecule has 31 heavy (non-hydrogen) atoms. The number of amides is 2. The van der Waals surface area contributed by atoms with Gasteiger partial charge in [0.1, 0.15) is 17.5 Å². The molecule has 0 aliphatic heterocycles. The number of hydrogen-bond acceptors (Lipinski definition) is 4. The molecule has 0 aliphatic carbocycles. The van der Waals surface area contributed by atoms with Gasteiger partial charge in [-0.2, -0.15) is 0 Å². The number of methoxy groups -OCH3 is 1. The van der Waals surface area contributed by atoms with Crippen LogP contribution in [-0.2, 0) is 16.1 Å². The predicted octanol–water partition coefficient (Wildman–Crippen LogP) is 3.94. The molecule has 1 atom stereocenters. The number of nitrogens with zero attached hydrogens (tertiary/aromatic N) is 1. The maximum absolute atomic E-state index is 13.2. The van der Waals surface area contributed by atoms with Crippen LogP contribution in [-0.4, -0.2) is 42.5 Å². The fraction of sp³-hybridized carbons (Fsp3) is 0.440. The quantitative estimate of drug-likeness (QED) is 0.659. The van der Waals surface area contributed by atoms with Gasteiger partial charge in [0.25, 0.3) is 5.91 Å². The SMILES string of the molecule is COc1ccc(CN(C(=O)COc2cc(C)cc(C)c2C)[C@@H](C)C(=O)NC(C)C)cc1. The molecule has 0 saturated heterocycles. The molecule has 2 rings (SSSR count). The minimum absolute atomic E-state index is 0.0120. The summed E-state index contributed by atoms with van der Waals surface area (Å²) in [5.41, 5.74) is 4.10. The molecule has 0 spiro atoms. The Morgan fingerprint density at radius 3 is 2.26 bits per heavy atom. The molecule has 2 aromatic carbocycles. The average molecular weight is 427 g/mol. The van der Waals surface area contributed by atoms with Gasteiger partial charge >= 0.3 is 0 Å². The highest BCUT2D eigenvalue weighted by molar-refractivity contribution is 5.88. The molecule has 0 aliphatic rings. The van der Waals surface area contributed by atoms with E-state index in [1.807, 2.05) is 65.0 Å². The Bertz CT molecular complexity index is 906. The van der Waals surface area contributed by atoms with Crippen molar-refractivity contribution >= 4 is 11.8 Å². The van der Waals surface area contributed by atoms with Crippen molar-refractivity contribution < 1.29 is 19.1 Å². The number of carbonyl (C=O) groups excluding carboxylic acids is 2. The molecule has 6 heteroatoms. The number of aryl methyl sites for hydroxylation is 2. The first-order valence-electron chi connectivity index (χ1n) is 10.6. The molecule has 2 aromatic rings. The molecule has 1 N–H and O–H groups in total. The van der Waals surface area contributed by atoms with E-state index < -0.39 is 6.04 Å². The Hall–Kier alpha value is -3.02. The standard InChI is InChI=1S/C25H34N2O4/c1-16(2)26-25(29)20(6)27(14-21-8-10-22(30-7)11-9-21)24(28)15-31-23-13-17(3)12-18(4)19(23)5/h8-13,16,20H,14-15H2,1-7H3,(H,26,29)/t20-/m0/s1. The first-order valence-corrected chi connectivity index (χ1v) is 10.6. The van der Waals surface area contributed by atoms with Crippen molar-refractivity contribution in [2.45, 2.75) is 60.2 Å². The summed E-state index contributed by atoms with van der Waals surface area (Å²) in [7, 11) is 1.61. The van der Waals surface area contributed by atoms with Crippen molar-refractivity contribution in [3.05, 3.63) is 58.7 Å². The Balaban J connectivity index is 2.21. The fourth-order valence-corrected chi connectivity index (χ4v) is 3.29. The molecular weight excluding hydrogens is 392 g/mol. The van der Waals surface area contributed by atoms with Gasteiger partial charge in [-0.1, -0.05) is 18.2 Å². The van der Waals surface area contributed by atoms with Crippen LogP contribution in [0.15, 0.2) is 36.4 Å². The van der Waals surface area contributed by atoms with Crippen molar-refractivity contribution in [1.82, 2.24) is 10.2 Å². The largest absolute Gasteiger partial charge is 0.497 e. The highest BCUT2D eigenvalue weighted by atomic mass is 16.5. The average Bonchev–Trinajstić information content (AvgIpc) is 2.72. The van der Waals surface area contributed by atoms with Gasteiger partial charge in [0.2, 0.25) is 5.91 Å². The lowest BCUT2D eigenvalue weighted by atomic mass is 10.1. The van der Waals surface area contributed by atoms with E-state index in [9.17, 15) is 9.59 Å². The second-order valence-corrected chi connectivity index (χ2v) is 8.20. The van der Waals surface area contributed by atoms with Crippen LogP contribution in [0.1, 0.15) is 43.0 Å².